The quantitative estimate of drug-likeness (QED) is 0.129. The minimum Gasteiger partial charge on any atom is -0.480 e. The Labute approximate surface area is 192 Å². The molecule has 0 aliphatic carbocycles. The first-order chi connectivity index (χ1) is 15.6. The molecule has 1 heterocycles. The van der Waals surface area contributed by atoms with Gasteiger partial charge in [-0.25, -0.2) is 4.79 Å². The Hall–Kier alpha value is -3.60. The molecule has 0 saturated carbocycles. The van der Waals surface area contributed by atoms with Crippen molar-refractivity contribution in [2.75, 3.05) is 6.54 Å². The highest BCUT2D eigenvalue weighted by Gasteiger charge is 2.29. The zero-order valence-corrected chi connectivity index (χ0v) is 18.9. The summed E-state index contributed by atoms with van der Waals surface area (Å²) in [5.74, 6) is -2.50. The van der Waals surface area contributed by atoms with E-state index in [4.69, 9.17) is 17.2 Å². The van der Waals surface area contributed by atoms with Crippen molar-refractivity contribution in [1.82, 2.24) is 15.6 Å². The van der Waals surface area contributed by atoms with Crippen molar-refractivity contribution in [3.63, 3.8) is 0 Å². The summed E-state index contributed by atoms with van der Waals surface area (Å²) < 4.78 is 0. The number of aromatic amines is 1. The fourth-order valence-corrected chi connectivity index (χ4v) is 3.34. The van der Waals surface area contributed by atoms with E-state index in [2.05, 4.69) is 20.6 Å². The Morgan fingerprint density at radius 3 is 2.39 bits per heavy atom. The average molecular weight is 460 g/mol. The fraction of sp³-hybridized carbons (Fsp3) is 0.455. The molecule has 11 nitrogen and oxygen atoms in total. The number of rotatable bonds is 12. The van der Waals surface area contributed by atoms with Gasteiger partial charge >= 0.3 is 5.97 Å². The van der Waals surface area contributed by atoms with E-state index in [9.17, 15) is 19.5 Å². The van der Waals surface area contributed by atoms with Gasteiger partial charge in [-0.2, -0.15) is 0 Å². The predicted molar refractivity (Wildman–Crippen MR) is 126 cm³/mol. The maximum Gasteiger partial charge on any atom is 0.326 e. The second-order valence-electron chi connectivity index (χ2n) is 8.24. The molecule has 2 amide bonds. The third-order valence-corrected chi connectivity index (χ3v) is 5.31. The number of carboxylic acids is 1. The number of amides is 2. The number of carboxylic acid groups (broad SMARTS) is 1. The van der Waals surface area contributed by atoms with Crippen LogP contribution < -0.4 is 27.8 Å². The highest BCUT2D eigenvalue weighted by atomic mass is 16.4. The third kappa shape index (κ3) is 7.49. The van der Waals surface area contributed by atoms with Crippen molar-refractivity contribution < 1.29 is 19.5 Å². The molecule has 0 aliphatic rings. The van der Waals surface area contributed by atoms with E-state index in [0.717, 1.165) is 16.5 Å². The summed E-state index contributed by atoms with van der Waals surface area (Å²) in [6, 6.07) is 4.51. The molecule has 0 bridgehead atoms. The molecule has 1 aromatic carbocycles. The fourth-order valence-electron chi connectivity index (χ4n) is 3.34. The van der Waals surface area contributed by atoms with Crippen molar-refractivity contribution in [3.8, 4) is 0 Å². The number of carbonyl (C=O) groups excluding carboxylic acids is 2. The van der Waals surface area contributed by atoms with Gasteiger partial charge in [-0.3, -0.25) is 14.6 Å². The molecule has 10 N–H and O–H groups in total. The zero-order chi connectivity index (χ0) is 24.5. The molecular formula is C22H33N7O4. The van der Waals surface area contributed by atoms with Crippen LogP contribution in [0.5, 0.6) is 0 Å². The van der Waals surface area contributed by atoms with Gasteiger partial charge in [0, 0.05) is 30.1 Å². The van der Waals surface area contributed by atoms with Crippen molar-refractivity contribution in [3.05, 3.63) is 36.0 Å². The molecule has 1 aromatic heterocycles. The normalized spacial score (nSPS) is 13.8. The number of nitrogens with two attached hydrogens (primary N) is 3. The zero-order valence-electron chi connectivity index (χ0n) is 18.9. The summed E-state index contributed by atoms with van der Waals surface area (Å²) in [6.07, 6.45) is 2.40. The van der Waals surface area contributed by atoms with Crippen LogP contribution in [-0.2, 0) is 20.8 Å². The van der Waals surface area contributed by atoms with Crippen molar-refractivity contribution >= 4 is 34.6 Å². The summed E-state index contributed by atoms with van der Waals surface area (Å²) in [6.45, 7) is 3.84. The molecule has 0 spiro atoms. The van der Waals surface area contributed by atoms with Crippen LogP contribution in [0.25, 0.3) is 10.9 Å². The number of aromatic nitrogens is 1. The summed E-state index contributed by atoms with van der Waals surface area (Å²) in [5, 5.41) is 15.8. The number of aliphatic carboxylic acids is 1. The maximum absolute atomic E-state index is 13.0. The third-order valence-electron chi connectivity index (χ3n) is 5.31. The first-order valence-corrected chi connectivity index (χ1v) is 10.8. The molecule has 0 saturated heterocycles. The molecule has 33 heavy (non-hydrogen) atoms. The lowest BCUT2D eigenvalue weighted by atomic mass is 10.0. The van der Waals surface area contributed by atoms with E-state index < -0.39 is 35.9 Å². The number of benzene rings is 1. The number of carbonyl (C=O) groups is 3. The lowest BCUT2D eigenvalue weighted by molar-refractivity contribution is -0.142. The first-order valence-electron chi connectivity index (χ1n) is 10.8. The second kappa shape index (κ2) is 11.9. The maximum atomic E-state index is 13.0. The van der Waals surface area contributed by atoms with Crippen LogP contribution in [0.2, 0.25) is 0 Å². The predicted octanol–water partition coefficient (Wildman–Crippen LogP) is -0.198. The monoisotopic (exact) mass is 459 g/mol. The van der Waals surface area contributed by atoms with Crippen LogP contribution in [0.15, 0.2) is 35.5 Å². The van der Waals surface area contributed by atoms with Gasteiger partial charge in [0.05, 0.1) is 6.04 Å². The van der Waals surface area contributed by atoms with Gasteiger partial charge in [-0.1, -0.05) is 32.0 Å². The van der Waals surface area contributed by atoms with Gasteiger partial charge in [0.25, 0.3) is 0 Å². The van der Waals surface area contributed by atoms with Crippen LogP contribution in [0.3, 0.4) is 0 Å². The lowest BCUT2D eigenvalue weighted by Gasteiger charge is -2.24. The van der Waals surface area contributed by atoms with E-state index in [-0.39, 0.29) is 31.3 Å². The van der Waals surface area contributed by atoms with Gasteiger partial charge in [0.1, 0.15) is 12.1 Å². The summed E-state index contributed by atoms with van der Waals surface area (Å²) in [7, 11) is 0. The van der Waals surface area contributed by atoms with Gasteiger partial charge in [-0.05, 0) is 30.4 Å². The summed E-state index contributed by atoms with van der Waals surface area (Å²) in [5.41, 5.74) is 18.2. The Balaban J connectivity index is 2.14. The number of nitrogens with one attached hydrogen (secondary N) is 3. The minimum absolute atomic E-state index is 0.0747. The number of guanidine groups is 1. The molecule has 0 aliphatic heterocycles. The number of hydrogen-bond acceptors (Lipinski definition) is 5. The van der Waals surface area contributed by atoms with Crippen LogP contribution in [0, 0.1) is 5.92 Å². The van der Waals surface area contributed by atoms with Crippen LogP contribution >= 0.6 is 0 Å². The summed E-state index contributed by atoms with van der Waals surface area (Å²) >= 11 is 0. The molecule has 0 unspecified atom stereocenters. The molecule has 3 atom stereocenters. The minimum atomic E-state index is -1.19. The van der Waals surface area contributed by atoms with Crippen LogP contribution in [-0.4, -0.2) is 58.5 Å². The van der Waals surface area contributed by atoms with Crippen molar-refractivity contribution in [1.29, 1.82) is 0 Å². The van der Waals surface area contributed by atoms with E-state index in [1.165, 1.54) is 0 Å². The van der Waals surface area contributed by atoms with Gasteiger partial charge < -0.3 is 37.9 Å². The number of para-hydroxylation sites is 1. The standard InChI is InChI=1S/C22H33N7O4/c1-12(2)18(23)20(31)28-16(8-5-9-26-22(24)25)19(30)29-17(21(32)33)10-13-11-27-15-7-4-3-6-14(13)15/h3-4,6-7,11-12,16-18,27H,5,8-10,23H2,1-2H3,(H,28,31)(H,29,30)(H,32,33)(H4,24,25,26)/t16-,17-,18-/m0/s1. The van der Waals surface area contributed by atoms with Gasteiger partial charge in [0.2, 0.25) is 11.8 Å². The molecule has 0 radical (unpaired) electrons. The highest BCUT2D eigenvalue weighted by Crippen LogP contribution is 2.19. The van der Waals surface area contributed by atoms with E-state index in [1.807, 2.05) is 24.3 Å². The highest BCUT2D eigenvalue weighted by molar-refractivity contribution is 5.92. The van der Waals surface area contributed by atoms with Crippen LogP contribution in [0.1, 0.15) is 32.3 Å². The number of H-pyrrole nitrogens is 1. The van der Waals surface area contributed by atoms with E-state index in [0.29, 0.717) is 6.42 Å². The van der Waals surface area contributed by atoms with Gasteiger partial charge in [0.15, 0.2) is 5.96 Å². The van der Waals surface area contributed by atoms with Crippen molar-refractivity contribution in [2.45, 2.75) is 51.2 Å². The summed E-state index contributed by atoms with van der Waals surface area (Å²) in [4.78, 5) is 44.3. The number of hydrogen-bond donors (Lipinski definition) is 7. The number of nitrogens with zero attached hydrogens (tertiary/aromatic N) is 1. The number of aliphatic imine (C=N–C) groups is 1. The molecule has 0 fully saturated rings. The Kier molecular flexibility index (Phi) is 9.22. The molecule has 2 rings (SSSR count). The first kappa shape index (κ1) is 25.7. The molecule has 180 valence electrons. The lowest BCUT2D eigenvalue weighted by Crippen LogP contribution is -2.55. The Morgan fingerprint density at radius 1 is 1.09 bits per heavy atom. The molecular weight excluding hydrogens is 426 g/mol. The smallest absolute Gasteiger partial charge is 0.326 e. The van der Waals surface area contributed by atoms with E-state index >= 15 is 0 Å². The van der Waals surface area contributed by atoms with Gasteiger partial charge in [-0.15, -0.1) is 0 Å². The van der Waals surface area contributed by atoms with Crippen LogP contribution in [0.4, 0.5) is 0 Å². The molecule has 11 heteroatoms. The SMILES string of the molecule is CC(C)[C@H](N)C(=O)N[C@@H](CCCN=C(N)N)C(=O)N[C@@H](Cc1c[nH]c2ccccc12)C(=O)O. The Bertz CT molecular complexity index is 998. The average Bonchev–Trinajstić information content (AvgIpc) is 3.17. The largest absolute Gasteiger partial charge is 0.480 e. The molecule has 2 aromatic rings. The topological polar surface area (TPSA) is 202 Å². The second-order valence-corrected chi connectivity index (χ2v) is 8.24. The van der Waals surface area contributed by atoms with E-state index in [1.54, 1.807) is 20.0 Å². The number of fused-ring (bicyclic) bond motifs is 1. The Morgan fingerprint density at radius 2 is 1.76 bits per heavy atom. The van der Waals surface area contributed by atoms with Crippen molar-refractivity contribution in [2.24, 2.45) is 28.1 Å².